The summed E-state index contributed by atoms with van der Waals surface area (Å²) in [5.41, 5.74) is 1.15. The first-order valence-corrected chi connectivity index (χ1v) is 8.59. The third-order valence-electron chi connectivity index (χ3n) is 4.13. The third-order valence-corrected chi connectivity index (χ3v) is 4.13. The van der Waals surface area contributed by atoms with Crippen LogP contribution in [-0.2, 0) is 9.53 Å². The van der Waals surface area contributed by atoms with Crippen LogP contribution in [0.2, 0.25) is 0 Å². The van der Waals surface area contributed by atoms with Gasteiger partial charge in [-0.05, 0) is 49.4 Å². The van der Waals surface area contributed by atoms with Gasteiger partial charge in [-0.15, -0.1) is 0 Å². The lowest BCUT2D eigenvalue weighted by Gasteiger charge is -2.09. The van der Waals surface area contributed by atoms with E-state index in [-0.39, 0.29) is 11.1 Å². The number of methoxy groups -OCH3 is 1. The van der Waals surface area contributed by atoms with E-state index in [4.69, 9.17) is 9.47 Å². The highest BCUT2D eigenvalue weighted by Crippen LogP contribution is 2.18. The van der Waals surface area contributed by atoms with Gasteiger partial charge in [-0.1, -0.05) is 0 Å². The standard InChI is InChI=1S/C21H17FN2O5/c1-12-17(9-14-3-6-15(22)10-18(14)23-12)21(27)29-11-19(25)24-20(26)13-4-7-16(28-2)8-5-13/h3-10H,11H2,1-2H3,(H,24,25,26). The number of fused-ring (bicyclic) bond motifs is 1. The highest BCUT2D eigenvalue weighted by atomic mass is 19.1. The molecule has 3 rings (SSSR count). The molecule has 29 heavy (non-hydrogen) atoms. The number of aromatic nitrogens is 1. The largest absolute Gasteiger partial charge is 0.497 e. The maximum absolute atomic E-state index is 13.3. The normalized spacial score (nSPS) is 10.4. The molecule has 8 heteroatoms. The summed E-state index contributed by atoms with van der Waals surface area (Å²) in [5, 5.41) is 2.70. The Hall–Kier alpha value is -3.81. The van der Waals surface area contributed by atoms with Crippen LogP contribution in [0, 0.1) is 12.7 Å². The number of esters is 1. The molecule has 7 nitrogen and oxygen atoms in total. The van der Waals surface area contributed by atoms with E-state index in [1.807, 2.05) is 0 Å². The molecule has 2 aromatic carbocycles. The molecule has 2 amide bonds. The van der Waals surface area contributed by atoms with Crippen molar-refractivity contribution in [2.24, 2.45) is 0 Å². The van der Waals surface area contributed by atoms with Crippen molar-refractivity contribution in [2.45, 2.75) is 6.92 Å². The van der Waals surface area contributed by atoms with Crippen molar-refractivity contribution in [3.05, 3.63) is 71.2 Å². The zero-order chi connectivity index (χ0) is 21.0. The lowest BCUT2D eigenvalue weighted by atomic mass is 10.1. The third kappa shape index (κ3) is 4.73. The van der Waals surface area contributed by atoms with Crippen LogP contribution in [0.3, 0.4) is 0 Å². The Morgan fingerprint density at radius 3 is 2.48 bits per heavy atom. The summed E-state index contributed by atoms with van der Waals surface area (Å²) in [4.78, 5) is 40.4. The van der Waals surface area contributed by atoms with E-state index in [0.29, 0.717) is 22.3 Å². The van der Waals surface area contributed by atoms with Gasteiger partial charge in [0.05, 0.1) is 23.9 Å². The van der Waals surface area contributed by atoms with Gasteiger partial charge in [0.25, 0.3) is 11.8 Å². The van der Waals surface area contributed by atoms with Gasteiger partial charge >= 0.3 is 5.97 Å². The number of nitrogens with zero attached hydrogens (tertiary/aromatic N) is 1. The Kier molecular flexibility index (Phi) is 5.82. The van der Waals surface area contributed by atoms with Crippen molar-refractivity contribution in [1.29, 1.82) is 0 Å². The highest BCUT2D eigenvalue weighted by molar-refractivity contribution is 6.05. The Bertz CT molecular complexity index is 1100. The molecule has 0 aliphatic rings. The Morgan fingerprint density at radius 2 is 1.79 bits per heavy atom. The second-order valence-electron chi connectivity index (χ2n) is 6.14. The van der Waals surface area contributed by atoms with Gasteiger partial charge in [-0.2, -0.15) is 0 Å². The zero-order valence-electron chi connectivity index (χ0n) is 15.7. The van der Waals surface area contributed by atoms with Crippen molar-refractivity contribution in [2.75, 3.05) is 13.7 Å². The molecule has 1 aromatic heterocycles. The topological polar surface area (TPSA) is 94.6 Å². The number of hydrogen-bond acceptors (Lipinski definition) is 6. The van der Waals surface area contributed by atoms with Gasteiger partial charge in [0.15, 0.2) is 6.61 Å². The van der Waals surface area contributed by atoms with Crippen molar-refractivity contribution in [3.63, 3.8) is 0 Å². The van der Waals surface area contributed by atoms with Gasteiger partial charge in [0.2, 0.25) is 0 Å². The fraction of sp³-hybridized carbons (Fsp3) is 0.143. The SMILES string of the molecule is COc1ccc(C(=O)NC(=O)COC(=O)c2cc3ccc(F)cc3nc2C)cc1. The monoisotopic (exact) mass is 396 g/mol. The minimum atomic E-state index is -0.771. The number of carbonyl (C=O) groups excluding carboxylic acids is 3. The number of ether oxygens (including phenoxy) is 2. The molecule has 0 atom stereocenters. The summed E-state index contributed by atoms with van der Waals surface area (Å²) >= 11 is 0. The first kappa shape index (κ1) is 19.9. The van der Waals surface area contributed by atoms with Crippen LogP contribution in [0.1, 0.15) is 26.4 Å². The average Bonchev–Trinajstić information content (AvgIpc) is 2.71. The zero-order valence-corrected chi connectivity index (χ0v) is 15.7. The van der Waals surface area contributed by atoms with E-state index in [1.54, 1.807) is 19.1 Å². The maximum atomic E-state index is 13.3. The number of aryl methyl sites for hydroxylation is 1. The van der Waals surface area contributed by atoms with E-state index in [9.17, 15) is 18.8 Å². The van der Waals surface area contributed by atoms with Crippen molar-refractivity contribution < 1.29 is 28.2 Å². The van der Waals surface area contributed by atoms with E-state index in [2.05, 4.69) is 10.3 Å². The molecule has 148 valence electrons. The minimum absolute atomic E-state index is 0.151. The number of pyridine rings is 1. The van der Waals surface area contributed by atoms with Crippen LogP contribution in [0.25, 0.3) is 10.9 Å². The van der Waals surface area contributed by atoms with Crippen LogP contribution in [0.15, 0.2) is 48.5 Å². The summed E-state index contributed by atoms with van der Waals surface area (Å²) in [7, 11) is 1.50. The van der Waals surface area contributed by atoms with Crippen molar-refractivity contribution >= 4 is 28.7 Å². The molecule has 1 heterocycles. The van der Waals surface area contributed by atoms with Gasteiger partial charge in [0.1, 0.15) is 11.6 Å². The van der Waals surface area contributed by atoms with Crippen molar-refractivity contribution in [3.8, 4) is 5.75 Å². The molecular formula is C21H17FN2O5. The predicted octanol–water partition coefficient (Wildman–Crippen LogP) is 2.80. The second-order valence-corrected chi connectivity index (χ2v) is 6.14. The molecule has 0 radical (unpaired) electrons. The summed E-state index contributed by atoms with van der Waals surface area (Å²) in [5.74, 6) is -2.03. The van der Waals surface area contributed by atoms with E-state index in [0.717, 1.165) is 0 Å². The molecule has 0 unspecified atom stereocenters. The van der Waals surface area contributed by atoms with E-state index >= 15 is 0 Å². The highest BCUT2D eigenvalue weighted by Gasteiger charge is 2.17. The summed E-state index contributed by atoms with van der Waals surface area (Å²) in [6, 6.07) is 11.7. The first-order chi connectivity index (χ1) is 13.9. The van der Waals surface area contributed by atoms with Crippen LogP contribution in [0.5, 0.6) is 5.75 Å². The molecule has 0 spiro atoms. The van der Waals surface area contributed by atoms with Crippen LogP contribution >= 0.6 is 0 Å². The average molecular weight is 396 g/mol. The van der Waals surface area contributed by atoms with Crippen LogP contribution < -0.4 is 10.1 Å². The fourth-order valence-electron chi connectivity index (χ4n) is 2.63. The molecule has 0 aliphatic heterocycles. The molecule has 0 bridgehead atoms. The number of benzene rings is 2. The summed E-state index contributed by atoms with van der Waals surface area (Å²) in [6.45, 7) is 0.940. The molecule has 0 saturated heterocycles. The molecule has 1 N–H and O–H groups in total. The Morgan fingerprint density at radius 1 is 1.07 bits per heavy atom. The lowest BCUT2D eigenvalue weighted by molar-refractivity contribution is -0.123. The van der Waals surface area contributed by atoms with Gasteiger partial charge < -0.3 is 9.47 Å². The fourth-order valence-corrected chi connectivity index (χ4v) is 2.63. The van der Waals surface area contributed by atoms with E-state index < -0.39 is 30.2 Å². The lowest BCUT2D eigenvalue weighted by Crippen LogP contribution is -2.34. The molecule has 0 saturated carbocycles. The number of imide groups is 1. The molecule has 3 aromatic rings. The van der Waals surface area contributed by atoms with Gasteiger partial charge in [0, 0.05) is 17.0 Å². The smallest absolute Gasteiger partial charge is 0.340 e. The molecular weight excluding hydrogens is 379 g/mol. The number of carbonyl (C=O) groups is 3. The minimum Gasteiger partial charge on any atom is -0.497 e. The number of rotatable bonds is 5. The van der Waals surface area contributed by atoms with Gasteiger partial charge in [-0.3, -0.25) is 19.9 Å². The maximum Gasteiger partial charge on any atom is 0.340 e. The van der Waals surface area contributed by atoms with Crippen LogP contribution in [-0.4, -0.2) is 36.5 Å². The Balaban J connectivity index is 1.61. The molecule has 0 aliphatic carbocycles. The number of hydrogen-bond donors (Lipinski definition) is 1. The van der Waals surface area contributed by atoms with Crippen LogP contribution in [0.4, 0.5) is 4.39 Å². The summed E-state index contributed by atoms with van der Waals surface area (Å²) in [6.07, 6.45) is 0. The number of nitrogens with one attached hydrogen (secondary N) is 1. The number of amides is 2. The quantitative estimate of drug-likeness (QED) is 0.667. The van der Waals surface area contributed by atoms with Gasteiger partial charge in [-0.25, -0.2) is 9.18 Å². The molecule has 0 fully saturated rings. The first-order valence-electron chi connectivity index (χ1n) is 8.59. The Labute approximate surface area is 165 Å². The van der Waals surface area contributed by atoms with E-state index in [1.165, 1.54) is 43.5 Å². The summed E-state index contributed by atoms with van der Waals surface area (Å²) < 4.78 is 23.3. The second kappa shape index (κ2) is 8.47. The predicted molar refractivity (Wildman–Crippen MR) is 102 cm³/mol. The van der Waals surface area contributed by atoms with Crippen molar-refractivity contribution in [1.82, 2.24) is 10.3 Å². The number of halogens is 1.